The summed E-state index contributed by atoms with van der Waals surface area (Å²) in [5.74, 6) is -0.836. The van der Waals surface area contributed by atoms with E-state index in [0.717, 1.165) is 12.8 Å². The van der Waals surface area contributed by atoms with Crippen molar-refractivity contribution in [2.45, 2.75) is 31.7 Å². The molecule has 3 rings (SSSR count). The highest BCUT2D eigenvalue weighted by Gasteiger charge is 2.43. The first-order valence-electron chi connectivity index (χ1n) is 7.98. The number of hydrogen-bond donors (Lipinski definition) is 2. The Balaban J connectivity index is 1.54. The SMILES string of the molecule is C[C@](C#N)(NC(=O)COC(=O)Cc1coc2cc(O)ccc12)C1CC1. The summed E-state index contributed by atoms with van der Waals surface area (Å²) in [5, 5.41) is 21.9. The van der Waals surface area contributed by atoms with Gasteiger partial charge in [-0.15, -0.1) is 0 Å². The molecule has 2 aromatic rings. The second-order valence-corrected chi connectivity index (χ2v) is 6.42. The molecular weight excluding hydrogens is 324 g/mol. The number of amides is 1. The normalized spacial score (nSPS) is 16.0. The Kier molecular flexibility index (Phi) is 4.36. The standard InChI is InChI=1S/C18H18N2O5/c1-18(10-19,12-2-3-12)20-16(22)9-25-17(23)6-11-8-24-15-7-13(21)4-5-14(11)15/h4-5,7-8,12,21H,2-3,6,9H2,1H3,(H,20,22)/t18-/m1/s1. The van der Waals surface area contributed by atoms with Crippen molar-refractivity contribution in [3.63, 3.8) is 0 Å². The molecule has 1 aliphatic rings. The zero-order chi connectivity index (χ0) is 18.0. The van der Waals surface area contributed by atoms with Crippen LogP contribution in [-0.4, -0.2) is 29.1 Å². The zero-order valence-electron chi connectivity index (χ0n) is 13.7. The highest BCUT2D eigenvalue weighted by molar-refractivity contribution is 5.87. The van der Waals surface area contributed by atoms with Crippen molar-refractivity contribution < 1.29 is 23.8 Å². The molecule has 25 heavy (non-hydrogen) atoms. The smallest absolute Gasteiger partial charge is 0.310 e. The fourth-order valence-corrected chi connectivity index (χ4v) is 2.77. The molecule has 1 saturated carbocycles. The van der Waals surface area contributed by atoms with Crippen molar-refractivity contribution in [2.75, 3.05) is 6.61 Å². The molecule has 1 amide bonds. The summed E-state index contributed by atoms with van der Waals surface area (Å²) in [6.07, 6.45) is 3.19. The minimum absolute atomic E-state index is 0.0524. The van der Waals surface area contributed by atoms with E-state index in [1.165, 1.54) is 18.4 Å². The molecule has 7 heteroatoms. The highest BCUT2D eigenvalue weighted by Crippen LogP contribution is 2.39. The van der Waals surface area contributed by atoms with E-state index in [-0.39, 0.29) is 18.1 Å². The lowest BCUT2D eigenvalue weighted by atomic mass is 9.98. The van der Waals surface area contributed by atoms with Gasteiger partial charge in [-0.25, -0.2) is 0 Å². The number of aromatic hydroxyl groups is 1. The number of carbonyl (C=O) groups is 2. The van der Waals surface area contributed by atoms with E-state index in [4.69, 9.17) is 9.15 Å². The Labute approximate surface area is 144 Å². The summed E-state index contributed by atoms with van der Waals surface area (Å²) >= 11 is 0. The molecule has 1 aliphatic carbocycles. The molecule has 0 radical (unpaired) electrons. The predicted molar refractivity (Wildman–Crippen MR) is 87.4 cm³/mol. The Morgan fingerprint density at radius 2 is 2.24 bits per heavy atom. The number of furan rings is 1. The quantitative estimate of drug-likeness (QED) is 0.777. The van der Waals surface area contributed by atoms with Crippen LogP contribution < -0.4 is 5.32 Å². The van der Waals surface area contributed by atoms with Crippen LogP contribution in [0, 0.1) is 17.2 Å². The van der Waals surface area contributed by atoms with E-state index < -0.39 is 24.0 Å². The number of nitrogens with zero attached hydrogens (tertiary/aromatic N) is 1. The molecule has 1 atom stereocenters. The van der Waals surface area contributed by atoms with Crippen molar-refractivity contribution in [2.24, 2.45) is 5.92 Å². The summed E-state index contributed by atoms with van der Waals surface area (Å²) in [5.41, 5.74) is 0.168. The van der Waals surface area contributed by atoms with E-state index in [0.29, 0.717) is 16.5 Å². The number of carbonyl (C=O) groups excluding carboxylic acids is 2. The first-order chi connectivity index (χ1) is 11.9. The minimum atomic E-state index is -0.910. The van der Waals surface area contributed by atoms with Crippen molar-refractivity contribution in [1.29, 1.82) is 5.26 Å². The second-order valence-electron chi connectivity index (χ2n) is 6.42. The average molecular weight is 342 g/mol. The number of phenolic OH excluding ortho intramolecular Hbond substituents is 1. The van der Waals surface area contributed by atoms with Gasteiger partial charge in [0.1, 0.15) is 16.9 Å². The zero-order valence-corrected chi connectivity index (χ0v) is 13.7. The summed E-state index contributed by atoms with van der Waals surface area (Å²) < 4.78 is 10.3. The van der Waals surface area contributed by atoms with Gasteiger partial charge in [0.15, 0.2) is 6.61 Å². The number of hydrogen-bond acceptors (Lipinski definition) is 6. The second kappa shape index (κ2) is 6.48. The lowest BCUT2D eigenvalue weighted by Gasteiger charge is -2.22. The maximum Gasteiger partial charge on any atom is 0.310 e. The van der Waals surface area contributed by atoms with Crippen LogP contribution in [0.3, 0.4) is 0 Å². The number of esters is 1. The molecule has 0 spiro atoms. The molecule has 0 unspecified atom stereocenters. The van der Waals surface area contributed by atoms with Gasteiger partial charge in [0.25, 0.3) is 5.91 Å². The van der Waals surface area contributed by atoms with Crippen LogP contribution in [0.1, 0.15) is 25.3 Å². The van der Waals surface area contributed by atoms with E-state index in [9.17, 15) is 20.0 Å². The minimum Gasteiger partial charge on any atom is -0.508 e. The molecule has 1 heterocycles. The van der Waals surface area contributed by atoms with Gasteiger partial charge >= 0.3 is 5.97 Å². The third-order valence-corrected chi connectivity index (χ3v) is 4.36. The third kappa shape index (κ3) is 3.74. The Hall–Kier alpha value is -3.01. The molecule has 1 aromatic carbocycles. The predicted octanol–water partition coefficient (Wildman–Crippen LogP) is 2.03. The Bertz CT molecular complexity index is 862. The van der Waals surface area contributed by atoms with E-state index in [1.54, 1.807) is 13.0 Å². The van der Waals surface area contributed by atoms with Gasteiger partial charge in [-0.1, -0.05) is 0 Å². The number of benzene rings is 1. The van der Waals surface area contributed by atoms with Crippen molar-refractivity contribution in [1.82, 2.24) is 5.32 Å². The van der Waals surface area contributed by atoms with Gasteiger partial charge in [0, 0.05) is 17.0 Å². The maximum absolute atomic E-state index is 11.9. The number of nitriles is 1. The maximum atomic E-state index is 11.9. The number of rotatable bonds is 6. The fraction of sp³-hybridized carbons (Fsp3) is 0.389. The largest absolute Gasteiger partial charge is 0.508 e. The monoisotopic (exact) mass is 342 g/mol. The van der Waals surface area contributed by atoms with Gasteiger partial charge in [-0.05, 0) is 37.8 Å². The molecule has 130 valence electrons. The van der Waals surface area contributed by atoms with Crippen LogP contribution >= 0.6 is 0 Å². The molecule has 7 nitrogen and oxygen atoms in total. The van der Waals surface area contributed by atoms with E-state index >= 15 is 0 Å². The Morgan fingerprint density at radius 1 is 1.48 bits per heavy atom. The summed E-state index contributed by atoms with van der Waals surface area (Å²) in [6.45, 7) is 1.25. The first kappa shape index (κ1) is 16.8. The van der Waals surface area contributed by atoms with Gasteiger partial charge in [0.2, 0.25) is 0 Å². The van der Waals surface area contributed by atoms with Gasteiger partial charge in [-0.3, -0.25) is 9.59 Å². The van der Waals surface area contributed by atoms with Crippen LogP contribution in [0.25, 0.3) is 11.0 Å². The lowest BCUT2D eigenvalue weighted by Crippen LogP contribution is -2.48. The summed E-state index contributed by atoms with van der Waals surface area (Å²) in [7, 11) is 0. The van der Waals surface area contributed by atoms with Crippen molar-refractivity contribution in [3.05, 3.63) is 30.0 Å². The highest BCUT2D eigenvalue weighted by atomic mass is 16.5. The molecule has 0 saturated heterocycles. The van der Waals surface area contributed by atoms with E-state index in [2.05, 4.69) is 11.4 Å². The fourth-order valence-electron chi connectivity index (χ4n) is 2.77. The topological polar surface area (TPSA) is 113 Å². The summed E-state index contributed by atoms with van der Waals surface area (Å²) in [4.78, 5) is 23.9. The van der Waals surface area contributed by atoms with Crippen LogP contribution in [-0.2, 0) is 20.7 Å². The molecule has 0 bridgehead atoms. The molecule has 2 N–H and O–H groups in total. The third-order valence-electron chi connectivity index (χ3n) is 4.36. The lowest BCUT2D eigenvalue weighted by molar-refractivity contribution is -0.148. The number of phenols is 1. The first-order valence-corrected chi connectivity index (χ1v) is 7.98. The van der Waals surface area contributed by atoms with Crippen molar-refractivity contribution >= 4 is 22.8 Å². The average Bonchev–Trinajstić information content (AvgIpc) is 3.37. The van der Waals surface area contributed by atoms with Crippen LogP contribution in [0.2, 0.25) is 0 Å². The number of fused-ring (bicyclic) bond motifs is 1. The summed E-state index contributed by atoms with van der Waals surface area (Å²) in [6, 6.07) is 6.72. The van der Waals surface area contributed by atoms with Crippen LogP contribution in [0.4, 0.5) is 0 Å². The van der Waals surface area contributed by atoms with Gasteiger partial charge in [-0.2, -0.15) is 5.26 Å². The molecule has 0 aliphatic heterocycles. The van der Waals surface area contributed by atoms with Gasteiger partial charge in [0.05, 0.1) is 18.8 Å². The molecular formula is C18H18N2O5. The number of nitrogens with one attached hydrogen (secondary N) is 1. The molecule has 1 fully saturated rings. The molecule has 1 aromatic heterocycles. The number of ether oxygens (including phenoxy) is 1. The van der Waals surface area contributed by atoms with E-state index in [1.807, 2.05) is 0 Å². The Morgan fingerprint density at radius 3 is 2.92 bits per heavy atom. The van der Waals surface area contributed by atoms with Crippen LogP contribution in [0.5, 0.6) is 5.75 Å². The van der Waals surface area contributed by atoms with Crippen LogP contribution in [0.15, 0.2) is 28.9 Å². The van der Waals surface area contributed by atoms with Crippen molar-refractivity contribution in [3.8, 4) is 11.8 Å². The van der Waals surface area contributed by atoms with Gasteiger partial charge < -0.3 is 19.6 Å².